The highest BCUT2D eigenvalue weighted by Crippen LogP contribution is 2.16. The summed E-state index contributed by atoms with van der Waals surface area (Å²) in [7, 11) is -2.89. The summed E-state index contributed by atoms with van der Waals surface area (Å²) in [6, 6.07) is 4.18. The number of hydrogen-bond acceptors (Lipinski definition) is 3. The summed E-state index contributed by atoms with van der Waals surface area (Å²) in [5, 5.41) is 0.260. The number of nitrogens with one attached hydrogen (secondary N) is 1. The van der Waals surface area contributed by atoms with Crippen molar-refractivity contribution in [1.29, 1.82) is 0 Å². The Labute approximate surface area is 139 Å². The molecular formula is C15H19ClFN2O3S+. The highest BCUT2D eigenvalue weighted by molar-refractivity contribution is 7.91. The van der Waals surface area contributed by atoms with Gasteiger partial charge in [-0.25, -0.2) is 12.8 Å². The van der Waals surface area contributed by atoms with E-state index in [-0.39, 0.29) is 34.0 Å². The minimum absolute atomic E-state index is 0.0290. The first kappa shape index (κ1) is 16.7. The number of carbonyl (C=O) groups is 1. The van der Waals surface area contributed by atoms with Crippen LogP contribution in [-0.2, 0) is 9.84 Å². The molecule has 2 aliphatic rings. The maximum Gasteiger partial charge on any atom is 0.257 e. The Hall–Kier alpha value is -1.18. The van der Waals surface area contributed by atoms with Gasteiger partial charge in [0, 0.05) is 11.4 Å². The van der Waals surface area contributed by atoms with Crippen LogP contribution in [0.4, 0.5) is 4.39 Å². The van der Waals surface area contributed by atoms with Crippen LogP contribution in [-0.4, -0.2) is 63.0 Å². The molecule has 2 heterocycles. The molecule has 8 heteroatoms. The van der Waals surface area contributed by atoms with Gasteiger partial charge in [0.2, 0.25) is 0 Å². The molecule has 1 aromatic rings. The fourth-order valence-electron chi connectivity index (χ4n) is 3.36. The van der Waals surface area contributed by atoms with Gasteiger partial charge in [-0.15, -0.1) is 0 Å². The molecule has 2 aliphatic heterocycles. The third-order valence-corrected chi connectivity index (χ3v) is 6.67. The van der Waals surface area contributed by atoms with Crippen molar-refractivity contribution in [1.82, 2.24) is 4.90 Å². The van der Waals surface area contributed by atoms with Gasteiger partial charge < -0.3 is 9.80 Å². The van der Waals surface area contributed by atoms with Crippen LogP contribution in [0.5, 0.6) is 0 Å². The Morgan fingerprint density at radius 1 is 1.30 bits per heavy atom. The second-order valence-corrected chi connectivity index (χ2v) is 8.84. The molecule has 2 fully saturated rings. The van der Waals surface area contributed by atoms with Crippen LogP contribution in [0, 0.1) is 5.82 Å². The third kappa shape index (κ3) is 3.67. The maximum absolute atomic E-state index is 13.9. The topological polar surface area (TPSA) is 58.9 Å². The fraction of sp³-hybridized carbons (Fsp3) is 0.533. The van der Waals surface area contributed by atoms with E-state index < -0.39 is 15.7 Å². The number of quaternary nitrogens is 1. The summed E-state index contributed by atoms with van der Waals surface area (Å²) in [6.45, 7) is 2.40. The van der Waals surface area contributed by atoms with Gasteiger partial charge in [0.05, 0.1) is 37.5 Å². The number of piperazine rings is 1. The standard InChI is InChI=1S/C15H18ClFN2O3S/c16-11-1-2-13(14(17)9-11)15(20)19-6-4-18(5-7-19)12-3-8-23(21,22)10-12/h1-2,9,12H,3-8,10H2/p+1/t12-/m1/s1. The number of nitrogens with zero attached hydrogens (tertiary/aromatic N) is 1. The van der Waals surface area contributed by atoms with Crippen molar-refractivity contribution in [3.63, 3.8) is 0 Å². The molecule has 0 unspecified atom stereocenters. The number of hydrogen-bond donors (Lipinski definition) is 1. The van der Waals surface area contributed by atoms with Gasteiger partial charge in [-0.3, -0.25) is 4.79 Å². The zero-order chi connectivity index (χ0) is 16.6. The minimum atomic E-state index is -2.89. The lowest BCUT2D eigenvalue weighted by Crippen LogP contribution is -3.18. The molecule has 1 N–H and O–H groups in total. The van der Waals surface area contributed by atoms with Gasteiger partial charge in [-0.1, -0.05) is 11.6 Å². The molecule has 0 saturated carbocycles. The van der Waals surface area contributed by atoms with Crippen molar-refractivity contribution >= 4 is 27.3 Å². The Morgan fingerprint density at radius 2 is 2.00 bits per heavy atom. The molecule has 2 saturated heterocycles. The Bertz CT molecular complexity index is 717. The number of benzene rings is 1. The van der Waals surface area contributed by atoms with Crippen LogP contribution in [0.25, 0.3) is 0 Å². The van der Waals surface area contributed by atoms with E-state index in [2.05, 4.69) is 0 Å². The normalized spacial score (nSPS) is 24.8. The number of halogens is 2. The second-order valence-electron chi connectivity index (χ2n) is 6.17. The molecule has 5 nitrogen and oxygen atoms in total. The van der Waals surface area contributed by atoms with Crippen molar-refractivity contribution < 1.29 is 22.5 Å². The van der Waals surface area contributed by atoms with Crippen LogP contribution in [0.15, 0.2) is 18.2 Å². The SMILES string of the molecule is O=C(c1ccc(Cl)cc1F)N1CC[NH+]([C@@H]2CCS(=O)(=O)C2)CC1. The van der Waals surface area contributed by atoms with E-state index in [1.807, 2.05) is 0 Å². The molecule has 0 aromatic heterocycles. The highest BCUT2D eigenvalue weighted by Gasteiger charge is 2.37. The molecule has 1 aromatic carbocycles. The summed E-state index contributed by atoms with van der Waals surface area (Å²) < 4.78 is 37.0. The van der Waals surface area contributed by atoms with Crippen molar-refractivity contribution in [2.24, 2.45) is 0 Å². The average molecular weight is 362 g/mol. The van der Waals surface area contributed by atoms with Crippen LogP contribution < -0.4 is 4.90 Å². The molecule has 0 aliphatic carbocycles. The van der Waals surface area contributed by atoms with E-state index in [4.69, 9.17) is 11.6 Å². The van der Waals surface area contributed by atoms with Gasteiger partial charge >= 0.3 is 0 Å². The highest BCUT2D eigenvalue weighted by atomic mass is 35.5. The van der Waals surface area contributed by atoms with Gasteiger partial charge in [-0.05, 0) is 18.2 Å². The first-order valence-corrected chi connectivity index (χ1v) is 9.85. The van der Waals surface area contributed by atoms with Gasteiger partial charge in [0.25, 0.3) is 5.91 Å². The van der Waals surface area contributed by atoms with E-state index >= 15 is 0 Å². The lowest BCUT2D eigenvalue weighted by atomic mass is 10.1. The van der Waals surface area contributed by atoms with Crippen LogP contribution >= 0.6 is 11.6 Å². The van der Waals surface area contributed by atoms with Crippen molar-refractivity contribution in [3.05, 3.63) is 34.6 Å². The van der Waals surface area contributed by atoms with E-state index in [1.54, 1.807) is 4.90 Å². The molecule has 0 bridgehead atoms. The zero-order valence-corrected chi connectivity index (χ0v) is 14.2. The molecule has 0 spiro atoms. The molecule has 1 atom stereocenters. The number of rotatable bonds is 2. The van der Waals surface area contributed by atoms with Crippen molar-refractivity contribution in [2.75, 3.05) is 37.7 Å². The summed E-state index contributed by atoms with van der Waals surface area (Å²) in [5.74, 6) is -0.446. The predicted molar refractivity (Wildman–Crippen MR) is 85.1 cm³/mol. The quantitative estimate of drug-likeness (QED) is 0.807. The minimum Gasteiger partial charge on any atom is -0.329 e. The third-order valence-electron chi connectivity index (χ3n) is 4.66. The van der Waals surface area contributed by atoms with E-state index in [0.717, 1.165) is 6.07 Å². The fourth-order valence-corrected chi connectivity index (χ4v) is 5.34. The van der Waals surface area contributed by atoms with Crippen LogP contribution in [0.1, 0.15) is 16.8 Å². The van der Waals surface area contributed by atoms with E-state index in [0.29, 0.717) is 32.6 Å². The van der Waals surface area contributed by atoms with Gasteiger partial charge in [0.15, 0.2) is 9.84 Å². The smallest absolute Gasteiger partial charge is 0.257 e. The van der Waals surface area contributed by atoms with Gasteiger partial charge in [0.1, 0.15) is 17.6 Å². The zero-order valence-electron chi connectivity index (χ0n) is 12.6. The Morgan fingerprint density at radius 3 is 2.57 bits per heavy atom. The summed E-state index contributed by atoms with van der Waals surface area (Å²) >= 11 is 5.70. The number of carbonyl (C=O) groups excluding carboxylic acids is 1. The molecule has 23 heavy (non-hydrogen) atoms. The summed E-state index contributed by atoms with van der Waals surface area (Å²) in [4.78, 5) is 15.3. The van der Waals surface area contributed by atoms with Crippen LogP contribution in [0.3, 0.4) is 0 Å². The number of amides is 1. The van der Waals surface area contributed by atoms with Crippen molar-refractivity contribution in [2.45, 2.75) is 12.5 Å². The first-order valence-electron chi connectivity index (χ1n) is 7.65. The Balaban J connectivity index is 1.61. The van der Waals surface area contributed by atoms with E-state index in [9.17, 15) is 17.6 Å². The molecular weight excluding hydrogens is 343 g/mol. The molecule has 0 radical (unpaired) electrons. The average Bonchev–Trinajstić information content (AvgIpc) is 2.87. The second kappa shape index (κ2) is 6.37. The largest absolute Gasteiger partial charge is 0.329 e. The van der Waals surface area contributed by atoms with Crippen LogP contribution in [0.2, 0.25) is 5.02 Å². The lowest BCUT2D eigenvalue weighted by molar-refractivity contribution is -0.925. The predicted octanol–water partition coefficient (Wildman–Crippen LogP) is 0.00690. The molecule has 126 valence electrons. The van der Waals surface area contributed by atoms with E-state index in [1.165, 1.54) is 17.0 Å². The molecule has 3 rings (SSSR count). The van der Waals surface area contributed by atoms with Gasteiger partial charge in [-0.2, -0.15) is 0 Å². The molecule has 1 amide bonds. The Kier molecular flexibility index (Phi) is 4.62. The lowest BCUT2D eigenvalue weighted by Gasteiger charge is -2.35. The monoisotopic (exact) mass is 361 g/mol. The number of sulfone groups is 1. The summed E-state index contributed by atoms with van der Waals surface area (Å²) in [5.41, 5.74) is 0.0290. The van der Waals surface area contributed by atoms with Crippen molar-refractivity contribution in [3.8, 4) is 0 Å². The maximum atomic E-state index is 13.9. The summed E-state index contributed by atoms with van der Waals surface area (Å²) in [6.07, 6.45) is 0.692. The first-order chi connectivity index (χ1) is 10.9.